The summed E-state index contributed by atoms with van der Waals surface area (Å²) in [7, 11) is 0. The van der Waals surface area contributed by atoms with Crippen molar-refractivity contribution in [2.24, 2.45) is 0 Å². The van der Waals surface area contributed by atoms with Gasteiger partial charge in [0.05, 0.1) is 6.04 Å². The van der Waals surface area contributed by atoms with Crippen molar-refractivity contribution in [3.05, 3.63) is 34.1 Å². The second-order valence-corrected chi connectivity index (χ2v) is 5.34. The number of nitrogens with zero attached hydrogens (tertiary/aromatic N) is 2. The van der Waals surface area contributed by atoms with E-state index in [2.05, 4.69) is 26.9 Å². The van der Waals surface area contributed by atoms with Crippen LogP contribution in [0.4, 0.5) is 0 Å². The molecule has 2 aromatic rings. The molecule has 1 saturated heterocycles. The van der Waals surface area contributed by atoms with Gasteiger partial charge >= 0.3 is 0 Å². The van der Waals surface area contributed by atoms with Crippen molar-refractivity contribution in [3.63, 3.8) is 0 Å². The molecule has 2 aromatic heterocycles. The van der Waals surface area contributed by atoms with Gasteiger partial charge in [0.1, 0.15) is 0 Å². The van der Waals surface area contributed by atoms with E-state index < -0.39 is 0 Å². The highest BCUT2D eigenvalue weighted by atomic mass is 32.1. The SMILES string of the molecule is c1csc(Cc2noc(C3CCCCN3)n2)c1. The smallest absolute Gasteiger partial charge is 0.243 e. The predicted octanol–water partition coefficient (Wildman–Crippen LogP) is 2.54. The Balaban J connectivity index is 1.69. The van der Waals surface area contributed by atoms with E-state index in [1.54, 1.807) is 11.3 Å². The van der Waals surface area contributed by atoms with E-state index in [1.807, 2.05) is 6.07 Å². The molecule has 1 aliphatic heterocycles. The van der Waals surface area contributed by atoms with Crippen LogP contribution in [-0.4, -0.2) is 16.7 Å². The van der Waals surface area contributed by atoms with Gasteiger partial charge in [0.15, 0.2) is 5.82 Å². The number of aromatic nitrogens is 2. The maximum absolute atomic E-state index is 5.33. The lowest BCUT2D eigenvalue weighted by atomic mass is 10.1. The quantitative estimate of drug-likeness (QED) is 0.908. The summed E-state index contributed by atoms with van der Waals surface area (Å²) in [5.74, 6) is 1.53. The fourth-order valence-corrected chi connectivity index (χ4v) is 2.81. The number of piperidine rings is 1. The van der Waals surface area contributed by atoms with Gasteiger partial charge in [-0.05, 0) is 30.8 Å². The van der Waals surface area contributed by atoms with Crippen molar-refractivity contribution in [2.45, 2.75) is 31.7 Å². The number of hydrogen-bond donors (Lipinski definition) is 1. The van der Waals surface area contributed by atoms with Crippen molar-refractivity contribution in [1.29, 1.82) is 0 Å². The Bertz CT molecular complexity index is 460. The lowest BCUT2D eigenvalue weighted by Crippen LogP contribution is -2.26. The Hall–Kier alpha value is -1.20. The lowest BCUT2D eigenvalue weighted by Gasteiger charge is -2.19. The fourth-order valence-electron chi connectivity index (χ4n) is 2.11. The molecule has 1 aliphatic rings. The maximum atomic E-state index is 5.33. The first-order valence-electron chi connectivity index (χ1n) is 6.00. The number of thiophene rings is 1. The molecule has 0 amide bonds. The van der Waals surface area contributed by atoms with E-state index in [0.29, 0.717) is 0 Å². The summed E-state index contributed by atoms with van der Waals surface area (Å²) in [6.45, 7) is 1.05. The predicted molar refractivity (Wildman–Crippen MR) is 66.0 cm³/mol. The summed E-state index contributed by atoms with van der Waals surface area (Å²) in [6, 6.07) is 4.40. The summed E-state index contributed by atoms with van der Waals surface area (Å²) in [6.07, 6.45) is 4.35. The average molecular weight is 249 g/mol. The van der Waals surface area contributed by atoms with Crippen molar-refractivity contribution < 1.29 is 4.52 Å². The monoisotopic (exact) mass is 249 g/mol. The van der Waals surface area contributed by atoms with E-state index in [4.69, 9.17) is 4.52 Å². The first-order chi connectivity index (χ1) is 8.42. The molecule has 1 unspecified atom stereocenters. The Morgan fingerprint density at radius 2 is 2.47 bits per heavy atom. The van der Waals surface area contributed by atoms with Crippen LogP contribution in [0.2, 0.25) is 0 Å². The van der Waals surface area contributed by atoms with Crippen molar-refractivity contribution in [1.82, 2.24) is 15.5 Å². The van der Waals surface area contributed by atoms with Crippen molar-refractivity contribution in [3.8, 4) is 0 Å². The third-order valence-electron chi connectivity index (χ3n) is 3.00. The molecule has 0 bridgehead atoms. The maximum Gasteiger partial charge on any atom is 0.243 e. The Morgan fingerprint density at radius 1 is 1.47 bits per heavy atom. The summed E-state index contributed by atoms with van der Waals surface area (Å²) < 4.78 is 5.33. The first-order valence-corrected chi connectivity index (χ1v) is 6.88. The minimum Gasteiger partial charge on any atom is -0.338 e. The van der Waals surface area contributed by atoms with Crippen LogP contribution in [0, 0.1) is 0 Å². The van der Waals surface area contributed by atoms with Crippen LogP contribution in [-0.2, 0) is 6.42 Å². The molecule has 17 heavy (non-hydrogen) atoms. The standard InChI is InChI=1S/C12H15N3OS/c1-2-6-13-10(5-1)12-14-11(15-16-12)8-9-4-3-7-17-9/h3-4,7,10,13H,1-2,5-6,8H2. The molecular weight excluding hydrogens is 234 g/mol. The molecule has 90 valence electrons. The van der Waals surface area contributed by atoms with Gasteiger partial charge in [-0.25, -0.2) is 0 Å². The van der Waals surface area contributed by atoms with E-state index in [1.165, 1.54) is 17.7 Å². The van der Waals surface area contributed by atoms with Crippen molar-refractivity contribution >= 4 is 11.3 Å². The molecule has 0 saturated carbocycles. The normalized spacial score (nSPS) is 20.6. The highest BCUT2D eigenvalue weighted by Gasteiger charge is 2.20. The van der Waals surface area contributed by atoms with Gasteiger partial charge in [-0.1, -0.05) is 17.6 Å². The second kappa shape index (κ2) is 4.98. The fraction of sp³-hybridized carbons (Fsp3) is 0.500. The summed E-state index contributed by atoms with van der Waals surface area (Å²) in [5.41, 5.74) is 0. The topological polar surface area (TPSA) is 51.0 Å². The number of hydrogen-bond acceptors (Lipinski definition) is 5. The third kappa shape index (κ3) is 2.56. The van der Waals surface area contributed by atoms with Crippen LogP contribution in [0.15, 0.2) is 22.0 Å². The van der Waals surface area contributed by atoms with E-state index >= 15 is 0 Å². The van der Waals surface area contributed by atoms with E-state index in [0.717, 1.165) is 31.1 Å². The summed E-state index contributed by atoms with van der Waals surface area (Å²) >= 11 is 1.73. The summed E-state index contributed by atoms with van der Waals surface area (Å²) in [5, 5.41) is 9.53. The molecular formula is C12H15N3OS. The molecule has 4 nitrogen and oxygen atoms in total. The molecule has 3 rings (SSSR count). The molecule has 0 aromatic carbocycles. The molecule has 3 heterocycles. The van der Waals surface area contributed by atoms with Gasteiger partial charge in [-0.2, -0.15) is 4.98 Å². The van der Waals surface area contributed by atoms with Gasteiger partial charge in [0.2, 0.25) is 5.89 Å². The zero-order valence-corrected chi connectivity index (χ0v) is 10.4. The van der Waals surface area contributed by atoms with Gasteiger partial charge in [0.25, 0.3) is 0 Å². The molecule has 0 aliphatic carbocycles. The van der Waals surface area contributed by atoms with Gasteiger partial charge < -0.3 is 9.84 Å². The van der Waals surface area contributed by atoms with E-state index in [9.17, 15) is 0 Å². The van der Waals surface area contributed by atoms with Crippen LogP contribution in [0.5, 0.6) is 0 Å². The van der Waals surface area contributed by atoms with Crippen LogP contribution in [0.1, 0.15) is 41.9 Å². The summed E-state index contributed by atoms with van der Waals surface area (Å²) in [4.78, 5) is 5.75. The zero-order valence-electron chi connectivity index (χ0n) is 9.56. The molecule has 5 heteroatoms. The van der Waals surface area contributed by atoms with E-state index in [-0.39, 0.29) is 6.04 Å². The molecule has 1 fully saturated rings. The van der Waals surface area contributed by atoms with Gasteiger partial charge in [-0.15, -0.1) is 11.3 Å². The average Bonchev–Trinajstić information content (AvgIpc) is 3.02. The highest BCUT2D eigenvalue weighted by Crippen LogP contribution is 2.22. The molecule has 0 spiro atoms. The Morgan fingerprint density at radius 3 is 3.24 bits per heavy atom. The molecule has 1 atom stereocenters. The van der Waals surface area contributed by atoms with Crippen LogP contribution in [0.3, 0.4) is 0 Å². The highest BCUT2D eigenvalue weighted by molar-refractivity contribution is 7.09. The van der Waals surface area contributed by atoms with Crippen LogP contribution in [0.25, 0.3) is 0 Å². The van der Waals surface area contributed by atoms with Crippen LogP contribution < -0.4 is 5.32 Å². The second-order valence-electron chi connectivity index (χ2n) is 4.31. The lowest BCUT2D eigenvalue weighted by molar-refractivity contribution is 0.296. The number of nitrogens with one attached hydrogen (secondary N) is 1. The van der Waals surface area contributed by atoms with Gasteiger partial charge in [0, 0.05) is 11.3 Å². The number of rotatable bonds is 3. The third-order valence-corrected chi connectivity index (χ3v) is 3.88. The Labute approximate surface area is 104 Å². The minimum atomic E-state index is 0.258. The largest absolute Gasteiger partial charge is 0.338 e. The Kier molecular flexibility index (Phi) is 3.20. The first kappa shape index (κ1) is 10.9. The van der Waals surface area contributed by atoms with Crippen LogP contribution >= 0.6 is 11.3 Å². The minimum absolute atomic E-state index is 0.258. The molecule has 0 radical (unpaired) electrons. The zero-order chi connectivity index (χ0) is 11.5. The molecule has 1 N–H and O–H groups in total. The van der Waals surface area contributed by atoms with Crippen molar-refractivity contribution in [2.75, 3.05) is 6.54 Å². The van der Waals surface area contributed by atoms with Gasteiger partial charge in [-0.3, -0.25) is 0 Å².